The maximum Gasteiger partial charge on any atom is 0.146 e. The molecule has 1 aromatic rings. The quantitative estimate of drug-likeness (QED) is 0.801. The third-order valence-corrected chi connectivity index (χ3v) is 3.70. The van der Waals surface area contributed by atoms with Gasteiger partial charge in [-0.3, -0.25) is 4.79 Å². The van der Waals surface area contributed by atoms with Gasteiger partial charge in [0.05, 0.1) is 0 Å². The normalized spacial score (nSPS) is 18.0. The maximum absolute atomic E-state index is 12.6. The highest BCUT2D eigenvalue weighted by atomic mass is 16.5. The second-order valence-electron chi connectivity index (χ2n) is 5.24. The van der Waals surface area contributed by atoms with Crippen LogP contribution >= 0.6 is 0 Å². The number of hydrogen-bond acceptors (Lipinski definition) is 2. The Morgan fingerprint density at radius 3 is 2.35 bits per heavy atom. The molecule has 0 saturated carbocycles. The maximum atomic E-state index is 12.6. The molecule has 0 N–H and O–H groups in total. The molecule has 1 aliphatic heterocycles. The van der Waals surface area contributed by atoms with E-state index in [0.29, 0.717) is 5.78 Å². The lowest BCUT2D eigenvalue weighted by molar-refractivity contribution is -0.130. The van der Waals surface area contributed by atoms with Crippen LogP contribution in [-0.4, -0.2) is 19.0 Å². The number of carbonyl (C=O) groups excluding carboxylic acids is 1. The predicted octanol–water partition coefficient (Wildman–Crippen LogP) is 2.96. The van der Waals surface area contributed by atoms with E-state index in [-0.39, 0.29) is 11.3 Å². The van der Waals surface area contributed by atoms with Crippen molar-refractivity contribution in [2.24, 2.45) is 5.92 Å². The summed E-state index contributed by atoms with van der Waals surface area (Å²) in [7, 11) is 0. The first kappa shape index (κ1) is 12.3. The fraction of sp³-hybridized carbons (Fsp3) is 0.533. The highest BCUT2D eigenvalue weighted by Crippen LogP contribution is 2.30. The summed E-state index contributed by atoms with van der Waals surface area (Å²) in [6.07, 6.45) is 1.74. The number of ether oxygens (including phenoxy) is 1. The van der Waals surface area contributed by atoms with E-state index >= 15 is 0 Å². The Kier molecular flexibility index (Phi) is 3.63. The van der Waals surface area contributed by atoms with Crippen molar-refractivity contribution in [2.45, 2.75) is 32.1 Å². The third kappa shape index (κ3) is 2.58. The minimum atomic E-state index is -0.386. The molecule has 0 unspecified atom stereocenters. The SMILES string of the molecule is CC(C)(C(=O)C1CCOCC1)c1ccccc1. The van der Waals surface area contributed by atoms with Crippen LogP contribution in [0.1, 0.15) is 32.3 Å². The van der Waals surface area contributed by atoms with Gasteiger partial charge in [0.2, 0.25) is 0 Å². The zero-order valence-corrected chi connectivity index (χ0v) is 10.6. The van der Waals surface area contributed by atoms with Gasteiger partial charge in [-0.25, -0.2) is 0 Å². The van der Waals surface area contributed by atoms with E-state index in [9.17, 15) is 4.79 Å². The van der Waals surface area contributed by atoms with E-state index in [0.717, 1.165) is 31.6 Å². The van der Waals surface area contributed by atoms with Crippen LogP contribution in [0.4, 0.5) is 0 Å². The van der Waals surface area contributed by atoms with Crippen molar-refractivity contribution in [2.75, 3.05) is 13.2 Å². The van der Waals surface area contributed by atoms with Gasteiger partial charge in [0.1, 0.15) is 5.78 Å². The molecule has 2 rings (SSSR count). The minimum absolute atomic E-state index is 0.166. The summed E-state index contributed by atoms with van der Waals surface area (Å²) in [6.45, 7) is 5.50. The summed E-state index contributed by atoms with van der Waals surface area (Å²) in [4.78, 5) is 12.6. The number of benzene rings is 1. The van der Waals surface area contributed by atoms with E-state index in [2.05, 4.69) is 0 Å². The van der Waals surface area contributed by atoms with Gasteiger partial charge in [0, 0.05) is 24.5 Å². The number of ketones is 1. The Labute approximate surface area is 103 Å². The lowest BCUT2D eigenvalue weighted by Gasteiger charge is -2.30. The topological polar surface area (TPSA) is 26.3 Å². The highest BCUT2D eigenvalue weighted by Gasteiger charge is 2.35. The molecule has 1 aromatic carbocycles. The van der Waals surface area contributed by atoms with Gasteiger partial charge in [-0.05, 0) is 32.3 Å². The molecule has 17 heavy (non-hydrogen) atoms. The fourth-order valence-corrected chi connectivity index (χ4v) is 2.47. The molecule has 0 spiro atoms. The Bertz CT molecular complexity index is 375. The predicted molar refractivity (Wildman–Crippen MR) is 68.0 cm³/mol. The number of carbonyl (C=O) groups is 1. The zero-order valence-electron chi connectivity index (χ0n) is 10.6. The van der Waals surface area contributed by atoms with Gasteiger partial charge in [-0.1, -0.05) is 30.3 Å². The van der Waals surface area contributed by atoms with Crippen LogP contribution in [0.5, 0.6) is 0 Å². The number of rotatable bonds is 3. The summed E-state index contributed by atoms with van der Waals surface area (Å²) in [5.74, 6) is 0.519. The fourth-order valence-electron chi connectivity index (χ4n) is 2.47. The highest BCUT2D eigenvalue weighted by molar-refractivity contribution is 5.91. The molecular formula is C15H20O2. The molecule has 92 valence electrons. The first-order valence-corrected chi connectivity index (χ1v) is 6.30. The van der Waals surface area contributed by atoms with Crippen molar-refractivity contribution in [3.63, 3.8) is 0 Å². The van der Waals surface area contributed by atoms with Gasteiger partial charge in [-0.15, -0.1) is 0 Å². The van der Waals surface area contributed by atoms with Gasteiger partial charge in [0.25, 0.3) is 0 Å². The lowest BCUT2D eigenvalue weighted by Crippen LogP contribution is -2.37. The number of hydrogen-bond donors (Lipinski definition) is 0. The molecule has 1 aliphatic rings. The van der Waals surface area contributed by atoms with Crippen LogP contribution in [0, 0.1) is 5.92 Å². The van der Waals surface area contributed by atoms with Crippen LogP contribution in [0.3, 0.4) is 0 Å². The minimum Gasteiger partial charge on any atom is -0.381 e. The van der Waals surface area contributed by atoms with Crippen LogP contribution in [0.2, 0.25) is 0 Å². The summed E-state index contributed by atoms with van der Waals surface area (Å²) in [5, 5.41) is 0. The third-order valence-electron chi connectivity index (χ3n) is 3.70. The number of Topliss-reactive ketones (excluding diaryl/α,β-unsaturated/α-hetero) is 1. The summed E-state index contributed by atoms with van der Waals surface area (Å²) in [6, 6.07) is 10.1. The average molecular weight is 232 g/mol. The standard InChI is InChI=1S/C15H20O2/c1-15(2,13-6-4-3-5-7-13)14(16)12-8-10-17-11-9-12/h3-7,12H,8-11H2,1-2H3. The van der Waals surface area contributed by atoms with Crippen LogP contribution in [0.15, 0.2) is 30.3 Å². The second-order valence-corrected chi connectivity index (χ2v) is 5.24. The van der Waals surface area contributed by atoms with Gasteiger partial charge in [0.15, 0.2) is 0 Å². The molecule has 0 bridgehead atoms. The molecule has 1 saturated heterocycles. The van der Waals surface area contributed by atoms with Crippen molar-refractivity contribution in [3.05, 3.63) is 35.9 Å². The van der Waals surface area contributed by atoms with Gasteiger partial charge in [-0.2, -0.15) is 0 Å². The molecular weight excluding hydrogens is 212 g/mol. The van der Waals surface area contributed by atoms with E-state index < -0.39 is 0 Å². The van der Waals surface area contributed by atoms with Crippen LogP contribution in [0.25, 0.3) is 0 Å². The first-order valence-electron chi connectivity index (χ1n) is 6.30. The molecule has 0 atom stereocenters. The molecule has 2 heteroatoms. The summed E-state index contributed by atoms with van der Waals surface area (Å²) >= 11 is 0. The van der Waals surface area contributed by atoms with Gasteiger partial charge >= 0.3 is 0 Å². The van der Waals surface area contributed by atoms with Crippen molar-refractivity contribution in [1.29, 1.82) is 0 Å². The Morgan fingerprint density at radius 1 is 1.18 bits per heavy atom. The van der Waals surface area contributed by atoms with Crippen molar-refractivity contribution in [3.8, 4) is 0 Å². The van der Waals surface area contributed by atoms with Crippen molar-refractivity contribution < 1.29 is 9.53 Å². The van der Waals surface area contributed by atoms with E-state index in [1.54, 1.807) is 0 Å². The monoisotopic (exact) mass is 232 g/mol. The van der Waals surface area contributed by atoms with Crippen LogP contribution < -0.4 is 0 Å². The van der Waals surface area contributed by atoms with Gasteiger partial charge < -0.3 is 4.74 Å². The molecule has 0 aliphatic carbocycles. The smallest absolute Gasteiger partial charge is 0.146 e. The van der Waals surface area contributed by atoms with Crippen molar-refractivity contribution >= 4 is 5.78 Å². The average Bonchev–Trinajstić information content (AvgIpc) is 2.40. The molecule has 0 radical (unpaired) electrons. The lowest BCUT2D eigenvalue weighted by atomic mass is 9.74. The first-order chi connectivity index (χ1) is 8.12. The Balaban J connectivity index is 2.17. The van der Waals surface area contributed by atoms with Crippen LogP contribution in [-0.2, 0) is 14.9 Å². The van der Waals surface area contributed by atoms with Crippen molar-refractivity contribution in [1.82, 2.24) is 0 Å². The zero-order chi connectivity index (χ0) is 12.3. The molecule has 0 amide bonds. The second kappa shape index (κ2) is 5.01. The summed E-state index contributed by atoms with van der Waals surface area (Å²) in [5.41, 5.74) is 0.722. The summed E-state index contributed by atoms with van der Waals surface area (Å²) < 4.78 is 5.32. The van der Waals surface area contributed by atoms with E-state index in [1.807, 2.05) is 44.2 Å². The molecule has 0 aromatic heterocycles. The van der Waals surface area contributed by atoms with E-state index in [4.69, 9.17) is 4.74 Å². The Morgan fingerprint density at radius 2 is 1.76 bits per heavy atom. The largest absolute Gasteiger partial charge is 0.381 e. The molecule has 1 fully saturated rings. The van der Waals surface area contributed by atoms with E-state index in [1.165, 1.54) is 0 Å². The molecule has 2 nitrogen and oxygen atoms in total. The Hall–Kier alpha value is -1.15. The molecule has 1 heterocycles.